The van der Waals surface area contributed by atoms with Crippen LogP contribution in [-0.2, 0) is 4.79 Å². The number of aliphatic hydroxyl groups is 1. The Kier molecular flexibility index (Phi) is 6.65. The average Bonchev–Trinajstić information content (AvgIpc) is 2.31. The van der Waals surface area contributed by atoms with Crippen molar-refractivity contribution in [3.05, 3.63) is 0 Å². The van der Waals surface area contributed by atoms with Crippen molar-refractivity contribution in [3.8, 4) is 0 Å². The Bertz CT molecular complexity index is 241. The fourth-order valence-electron chi connectivity index (χ4n) is 2.70. The van der Waals surface area contributed by atoms with Gasteiger partial charge in [0.15, 0.2) is 0 Å². The Labute approximate surface area is 110 Å². The molecule has 4 nitrogen and oxygen atoms in total. The normalized spacial score (nSPS) is 19.1. The summed E-state index contributed by atoms with van der Waals surface area (Å²) in [6.45, 7) is 2.94. The number of hydrogen-bond donors (Lipinski definition) is 3. The molecular weight excluding hydrogens is 228 g/mol. The minimum absolute atomic E-state index is 0.0694. The second-order valence-electron chi connectivity index (χ2n) is 5.61. The van der Waals surface area contributed by atoms with Gasteiger partial charge in [-0.3, -0.25) is 4.79 Å². The maximum absolute atomic E-state index is 11.9. The SMILES string of the molecule is CCCC(CCN)CCC(=O)NC1(CO)CCC1. The molecular formula is C14H28N2O2. The lowest BCUT2D eigenvalue weighted by atomic mass is 9.77. The van der Waals surface area contributed by atoms with E-state index in [1.807, 2.05) is 0 Å². The zero-order valence-electron chi connectivity index (χ0n) is 11.6. The predicted octanol–water partition coefficient (Wildman–Crippen LogP) is 1.56. The van der Waals surface area contributed by atoms with Crippen LogP contribution < -0.4 is 11.1 Å². The Morgan fingerprint density at radius 1 is 1.39 bits per heavy atom. The Morgan fingerprint density at radius 2 is 2.11 bits per heavy atom. The molecule has 1 fully saturated rings. The lowest BCUT2D eigenvalue weighted by Gasteiger charge is -2.41. The van der Waals surface area contributed by atoms with E-state index >= 15 is 0 Å². The van der Waals surface area contributed by atoms with Crippen LogP contribution in [-0.4, -0.2) is 29.7 Å². The number of carbonyl (C=O) groups is 1. The first kappa shape index (κ1) is 15.4. The molecule has 4 N–H and O–H groups in total. The Morgan fingerprint density at radius 3 is 2.56 bits per heavy atom. The number of nitrogens with one attached hydrogen (secondary N) is 1. The van der Waals surface area contributed by atoms with Crippen molar-refractivity contribution in [1.29, 1.82) is 0 Å². The van der Waals surface area contributed by atoms with Gasteiger partial charge in [0, 0.05) is 6.42 Å². The molecule has 0 bridgehead atoms. The van der Waals surface area contributed by atoms with Crippen molar-refractivity contribution >= 4 is 5.91 Å². The first-order chi connectivity index (χ1) is 8.65. The molecule has 106 valence electrons. The molecule has 0 saturated heterocycles. The summed E-state index contributed by atoms with van der Waals surface area (Å²) in [5, 5.41) is 12.3. The van der Waals surface area contributed by atoms with Crippen molar-refractivity contribution < 1.29 is 9.90 Å². The number of carbonyl (C=O) groups excluding carboxylic acids is 1. The molecule has 1 atom stereocenters. The van der Waals surface area contributed by atoms with Crippen LogP contribution in [0.2, 0.25) is 0 Å². The van der Waals surface area contributed by atoms with Crippen molar-refractivity contribution in [2.75, 3.05) is 13.2 Å². The summed E-state index contributed by atoms with van der Waals surface area (Å²) < 4.78 is 0. The van der Waals surface area contributed by atoms with Crippen LogP contribution in [0, 0.1) is 5.92 Å². The van der Waals surface area contributed by atoms with Gasteiger partial charge in [-0.05, 0) is 44.6 Å². The first-order valence-corrected chi connectivity index (χ1v) is 7.27. The van der Waals surface area contributed by atoms with Crippen LogP contribution in [0.1, 0.15) is 58.3 Å². The minimum Gasteiger partial charge on any atom is -0.394 e. The molecule has 4 heteroatoms. The highest BCUT2D eigenvalue weighted by molar-refractivity contribution is 5.76. The molecule has 0 aromatic carbocycles. The van der Waals surface area contributed by atoms with E-state index in [9.17, 15) is 9.90 Å². The second kappa shape index (κ2) is 7.74. The highest BCUT2D eigenvalue weighted by Gasteiger charge is 2.37. The molecule has 0 spiro atoms. The third-order valence-electron chi connectivity index (χ3n) is 4.07. The lowest BCUT2D eigenvalue weighted by Crippen LogP contribution is -2.56. The van der Waals surface area contributed by atoms with Gasteiger partial charge in [-0.25, -0.2) is 0 Å². The smallest absolute Gasteiger partial charge is 0.220 e. The summed E-state index contributed by atoms with van der Waals surface area (Å²) in [5.41, 5.74) is 5.29. The van der Waals surface area contributed by atoms with Crippen LogP contribution in [0.4, 0.5) is 0 Å². The predicted molar refractivity (Wildman–Crippen MR) is 73.1 cm³/mol. The quantitative estimate of drug-likeness (QED) is 0.586. The van der Waals surface area contributed by atoms with E-state index in [1.165, 1.54) is 0 Å². The van der Waals surface area contributed by atoms with Crippen molar-refractivity contribution in [3.63, 3.8) is 0 Å². The first-order valence-electron chi connectivity index (χ1n) is 7.27. The number of hydrogen-bond acceptors (Lipinski definition) is 3. The van der Waals surface area contributed by atoms with Crippen molar-refractivity contribution in [1.82, 2.24) is 5.32 Å². The van der Waals surface area contributed by atoms with Crippen LogP contribution in [0.3, 0.4) is 0 Å². The summed E-state index contributed by atoms with van der Waals surface area (Å²) in [7, 11) is 0. The summed E-state index contributed by atoms with van der Waals surface area (Å²) in [5.74, 6) is 0.652. The molecule has 0 radical (unpaired) electrons. The van der Waals surface area contributed by atoms with E-state index in [1.54, 1.807) is 0 Å². The second-order valence-corrected chi connectivity index (χ2v) is 5.61. The van der Waals surface area contributed by atoms with Gasteiger partial charge in [0.25, 0.3) is 0 Å². The monoisotopic (exact) mass is 256 g/mol. The molecule has 1 rings (SSSR count). The highest BCUT2D eigenvalue weighted by Crippen LogP contribution is 2.31. The molecule has 18 heavy (non-hydrogen) atoms. The van der Waals surface area contributed by atoms with Gasteiger partial charge in [-0.1, -0.05) is 19.8 Å². The van der Waals surface area contributed by atoms with Gasteiger partial charge in [0.1, 0.15) is 0 Å². The van der Waals surface area contributed by atoms with E-state index in [4.69, 9.17) is 5.73 Å². The maximum Gasteiger partial charge on any atom is 0.220 e. The number of aliphatic hydroxyl groups excluding tert-OH is 1. The summed E-state index contributed by atoms with van der Waals surface area (Å²) in [6.07, 6.45) is 7.71. The van der Waals surface area contributed by atoms with Crippen molar-refractivity contribution in [2.45, 2.75) is 63.8 Å². The third kappa shape index (κ3) is 4.58. The van der Waals surface area contributed by atoms with E-state index in [0.29, 0.717) is 18.9 Å². The van der Waals surface area contributed by atoms with Crippen LogP contribution in [0.15, 0.2) is 0 Å². The number of nitrogens with two attached hydrogens (primary N) is 1. The molecule has 0 aromatic heterocycles. The highest BCUT2D eigenvalue weighted by atomic mass is 16.3. The molecule has 1 unspecified atom stereocenters. The minimum atomic E-state index is -0.300. The fraction of sp³-hybridized carbons (Fsp3) is 0.929. The van der Waals surface area contributed by atoms with Gasteiger partial charge in [-0.15, -0.1) is 0 Å². The van der Waals surface area contributed by atoms with E-state index in [-0.39, 0.29) is 18.1 Å². The summed E-state index contributed by atoms with van der Waals surface area (Å²) in [4.78, 5) is 11.9. The fourth-order valence-corrected chi connectivity index (χ4v) is 2.70. The van der Waals surface area contributed by atoms with Crippen LogP contribution in [0.5, 0.6) is 0 Å². The van der Waals surface area contributed by atoms with Gasteiger partial charge in [0.05, 0.1) is 12.1 Å². The van der Waals surface area contributed by atoms with Crippen molar-refractivity contribution in [2.24, 2.45) is 11.7 Å². The molecule has 1 aliphatic rings. The van der Waals surface area contributed by atoms with Gasteiger partial charge in [-0.2, -0.15) is 0 Å². The van der Waals surface area contributed by atoms with E-state index < -0.39 is 0 Å². The Balaban J connectivity index is 2.26. The molecule has 1 aliphatic carbocycles. The maximum atomic E-state index is 11.9. The van der Waals surface area contributed by atoms with E-state index in [0.717, 1.165) is 44.9 Å². The number of amides is 1. The zero-order chi connectivity index (χ0) is 13.4. The molecule has 1 amide bonds. The lowest BCUT2D eigenvalue weighted by molar-refractivity contribution is -0.125. The van der Waals surface area contributed by atoms with Crippen LogP contribution in [0.25, 0.3) is 0 Å². The Hall–Kier alpha value is -0.610. The molecule has 0 heterocycles. The van der Waals surface area contributed by atoms with Gasteiger partial charge >= 0.3 is 0 Å². The van der Waals surface area contributed by atoms with Gasteiger partial charge < -0.3 is 16.2 Å². The summed E-state index contributed by atoms with van der Waals surface area (Å²) >= 11 is 0. The zero-order valence-corrected chi connectivity index (χ0v) is 11.6. The molecule has 1 saturated carbocycles. The third-order valence-corrected chi connectivity index (χ3v) is 4.07. The molecule has 0 aliphatic heterocycles. The van der Waals surface area contributed by atoms with Gasteiger partial charge in [0.2, 0.25) is 5.91 Å². The largest absolute Gasteiger partial charge is 0.394 e. The van der Waals surface area contributed by atoms with Crippen LogP contribution >= 0.6 is 0 Å². The molecule has 0 aromatic rings. The topological polar surface area (TPSA) is 75.4 Å². The number of rotatable bonds is 9. The standard InChI is InChI=1S/C14H28N2O2/c1-2-4-12(7-10-15)5-6-13(18)16-14(11-17)8-3-9-14/h12,17H,2-11,15H2,1H3,(H,16,18). The summed E-state index contributed by atoms with van der Waals surface area (Å²) in [6, 6.07) is 0. The van der Waals surface area contributed by atoms with E-state index in [2.05, 4.69) is 12.2 Å². The average molecular weight is 256 g/mol.